The second-order valence-electron chi connectivity index (χ2n) is 6.87. The second-order valence-corrected chi connectivity index (χ2v) is 8.78. The third kappa shape index (κ3) is 5.25. The Balaban J connectivity index is 1.80. The summed E-state index contributed by atoms with van der Waals surface area (Å²) in [6, 6.07) is 11.3. The lowest BCUT2D eigenvalue weighted by molar-refractivity contribution is -0.384. The maximum absolute atomic E-state index is 12.6. The molecule has 0 radical (unpaired) electrons. The first-order valence-electron chi connectivity index (χ1n) is 9.22. The molecule has 1 N–H and O–H groups in total. The van der Waals surface area contributed by atoms with Crippen LogP contribution in [-0.2, 0) is 21.4 Å². The summed E-state index contributed by atoms with van der Waals surface area (Å²) in [6.45, 7) is 1.28. The molecule has 1 amide bonds. The van der Waals surface area contributed by atoms with Gasteiger partial charge in [-0.1, -0.05) is 24.3 Å². The summed E-state index contributed by atoms with van der Waals surface area (Å²) in [5, 5.41) is 13.8. The number of nitrogens with one attached hydrogen (secondary N) is 1. The molecule has 162 valence electrons. The standard InChI is InChI=1S/C20H21N5O5S/c1-15-7-8-17(25(27)28)11-19(15)24(31(2,29)30)13-20(26)22-12-16-5-3-4-6-18(16)23-10-9-21-14-23/h3-11,14H,12-13H2,1-2H3,(H,22,26). The number of hydrogen-bond donors (Lipinski definition) is 1. The highest BCUT2D eigenvalue weighted by atomic mass is 32.2. The SMILES string of the molecule is Cc1ccc([N+](=O)[O-])cc1N(CC(=O)NCc1ccccc1-n1ccnc1)S(C)(=O)=O. The van der Waals surface area contributed by atoms with Gasteiger partial charge in [0.1, 0.15) is 6.54 Å². The van der Waals surface area contributed by atoms with Crippen LogP contribution in [0.3, 0.4) is 0 Å². The summed E-state index contributed by atoms with van der Waals surface area (Å²) in [7, 11) is -3.87. The fraction of sp³-hybridized carbons (Fsp3) is 0.200. The van der Waals surface area contributed by atoms with Crippen LogP contribution >= 0.6 is 0 Å². The molecule has 2 aromatic carbocycles. The first-order chi connectivity index (χ1) is 14.7. The summed E-state index contributed by atoms with van der Waals surface area (Å²) in [5.41, 5.74) is 1.96. The number of aromatic nitrogens is 2. The van der Waals surface area contributed by atoms with Crippen molar-refractivity contribution in [2.75, 3.05) is 17.1 Å². The van der Waals surface area contributed by atoms with Gasteiger partial charge >= 0.3 is 0 Å². The van der Waals surface area contributed by atoms with Crippen LogP contribution in [0.25, 0.3) is 5.69 Å². The van der Waals surface area contributed by atoms with Gasteiger partial charge in [-0.15, -0.1) is 0 Å². The molecule has 11 heteroatoms. The molecule has 0 bridgehead atoms. The highest BCUT2D eigenvalue weighted by molar-refractivity contribution is 7.92. The van der Waals surface area contributed by atoms with E-state index in [0.717, 1.165) is 27.9 Å². The largest absolute Gasteiger partial charge is 0.350 e. The van der Waals surface area contributed by atoms with Crippen molar-refractivity contribution in [2.45, 2.75) is 13.5 Å². The molecule has 3 rings (SSSR count). The van der Waals surface area contributed by atoms with E-state index in [4.69, 9.17) is 0 Å². The van der Waals surface area contributed by atoms with Gasteiger partial charge in [0.05, 0.1) is 28.9 Å². The molecule has 0 aliphatic carbocycles. The smallest absolute Gasteiger partial charge is 0.271 e. The first kappa shape index (κ1) is 22.0. The highest BCUT2D eigenvalue weighted by Gasteiger charge is 2.24. The lowest BCUT2D eigenvalue weighted by Gasteiger charge is -2.23. The van der Waals surface area contributed by atoms with Gasteiger partial charge in [0.25, 0.3) is 5.69 Å². The van der Waals surface area contributed by atoms with Crippen molar-refractivity contribution in [3.8, 4) is 5.69 Å². The second kappa shape index (κ2) is 8.96. The van der Waals surface area contributed by atoms with Gasteiger partial charge in [0, 0.05) is 31.1 Å². The fourth-order valence-corrected chi connectivity index (χ4v) is 3.96. The Hall–Kier alpha value is -3.73. The van der Waals surface area contributed by atoms with Crippen molar-refractivity contribution in [3.63, 3.8) is 0 Å². The van der Waals surface area contributed by atoms with Gasteiger partial charge in [-0.2, -0.15) is 0 Å². The lowest BCUT2D eigenvalue weighted by atomic mass is 10.1. The van der Waals surface area contributed by atoms with Gasteiger partial charge in [0.2, 0.25) is 15.9 Å². The van der Waals surface area contributed by atoms with Crippen LogP contribution in [0.5, 0.6) is 0 Å². The fourth-order valence-electron chi connectivity index (χ4n) is 3.06. The van der Waals surface area contributed by atoms with Gasteiger partial charge in [-0.05, 0) is 24.1 Å². The Kier molecular flexibility index (Phi) is 6.35. The molecule has 0 atom stereocenters. The zero-order valence-corrected chi connectivity index (χ0v) is 17.7. The molecule has 1 heterocycles. The Morgan fingerprint density at radius 3 is 2.65 bits per heavy atom. The molecule has 0 aliphatic heterocycles. The average molecular weight is 443 g/mol. The van der Waals surface area contributed by atoms with Gasteiger partial charge < -0.3 is 9.88 Å². The molecule has 0 aliphatic rings. The van der Waals surface area contributed by atoms with E-state index in [1.807, 2.05) is 24.3 Å². The number of nitro groups is 1. The molecule has 0 saturated carbocycles. The van der Waals surface area contributed by atoms with Crippen molar-refractivity contribution >= 4 is 27.3 Å². The molecular formula is C20H21N5O5S. The number of aryl methyl sites for hydroxylation is 1. The van der Waals surface area contributed by atoms with Crippen molar-refractivity contribution in [2.24, 2.45) is 0 Å². The number of non-ortho nitro benzene ring substituents is 1. The Bertz CT molecular complexity index is 1210. The number of imidazole rings is 1. The van der Waals surface area contributed by atoms with Gasteiger partial charge in [-0.25, -0.2) is 13.4 Å². The maximum Gasteiger partial charge on any atom is 0.271 e. The number of carbonyl (C=O) groups is 1. The minimum Gasteiger partial charge on any atom is -0.350 e. The summed E-state index contributed by atoms with van der Waals surface area (Å²) in [6.07, 6.45) is 6.00. The zero-order chi connectivity index (χ0) is 22.6. The number of hydrogen-bond acceptors (Lipinski definition) is 6. The monoisotopic (exact) mass is 443 g/mol. The van der Waals surface area contributed by atoms with Gasteiger partial charge in [0.15, 0.2) is 0 Å². The highest BCUT2D eigenvalue weighted by Crippen LogP contribution is 2.27. The van der Waals surface area contributed by atoms with Crippen LogP contribution in [0, 0.1) is 17.0 Å². The average Bonchev–Trinajstić information content (AvgIpc) is 3.25. The number of anilines is 1. The molecule has 0 unspecified atom stereocenters. The van der Waals surface area contributed by atoms with E-state index in [1.54, 1.807) is 30.2 Å². The summed E-state index contributed by atoms with van der Waals surface area (Å²) in [4.78, 5) is 27.1. The Labute approximate surface area is 179 Å². The summed E-state index contributed by atoms with van der Waals surface area (Å²) >= 11 is 0. The van der Waals surface area contributed by atoms with Crippen LogP contribution in [0.15, 0.2) is 61.2 Å². The molecule has 1 aromatic heterocycles. The number of para-hydroxylation sites is 1. The van der Waals surface area contributed by atoms with Crippen LogP contribution in [-0.4, -0.2) is 41.6 Å². The van der Waals surface area contributed by atoms with Crippen molar-refractivity contribution in [1.82, 2.24) is 14.9 Å². The molecule has 0 saturated heterocycles. The van der Waals surface area contributed by atoms with E-state index in [0.29, 0.717) is 5.56 Å². The van der Waals surface area contributed by atoms with Gasteiger partial charge in [-0.3, -0.25) is 19.2 Å². The zero-order valence-electron chi connectivity index (χ0n) is 16.9. The summed E-state index contributed by atoms with van der Waals surface area (Å²) < 4.78 is 27.4. The van der Waals surface area contributed by atoms with E-state index in [9.17, 15) is 23.3 Å². The van der Waals surface area contributed by atoms with Crippen LogP contribution in [0.4, 0.5) is 11.4 Å². The number of nitrogens with zero attached hydrogens (tertiary/aromatic N) is 4. The third-order valence-corrected chi connectivity index (χ3v) is 5.74. The van der Waals surface area contributed by atoms with E-state index >= 15 is 0 Å². The quantitative estimate of drug-likeness (QED) is 0.420. The minimum atomic E-state index is -3.87. The number of benzene rings is 2. The van der Waals surface area contributed by atoms with Crippen LogP contribution in [0.2, 0.25) is 0 Å². The molecular weight excluding hydrogens is 422 g/mol. The molecule has 0 fully saturated rings. The van der Waals surface area contributed by atoms with Crippen molar-refractivity contribution in [1.29, 1.82) is 0 Å². The normalized spacial score (nSPS) is 11.2. The lowest BCUT2D eigenvalue weighted by Crippen LogP contribution is -2.40. The van der Waals surface area contributed by atoms with Crippen molar-refractivity contribution in [3.05, 3.63) is 82.4 Å². The van der Waals surface area contributed by atoms with E-state index < -0.39 is 27.4 Å². The minimum absolute atomic E-state index is 0.0886. The van der Waals surface area contributed by atoms with E-state index in [2.05, 4.69) is 10.3 Å². The molecule has 10 nitrogen and oxygen atoms in total. The van der Waals surface area contributed by atoms with Crippen molar-refractivity contribution < 1.29 is 18.1 Å². The Morgan fingerprint density at radius 2 is 2.00 bits per heavy atom. The number of carbonyl (C=O) groups excluding carboxylic acids is 1. The first-order valence-corrected chi connectivity index (χ1v) is 11.1. The molecule has 3 aromatic rings. The number of sulfonamides is 1. The topological polar surface area (TPSA) is 127 Å². The Morgan fingerprint density at radius 1 is 1.26 bits per heavy atom. The summed E-state index contributed by atoms with van der Waals surface area (Å²) in [5.74, 6) is -0.545. The number of amides is 1. The molecule has 31 heavy (non-hydrogen) atoms. The predicted octanol–water partition coefficient (Wildman–Crippen LogP) is 2.17. The molecule has 0 spiro atoms. The van der Waals surface area contributed by atoms with E-state index in [1.165, 1.54) is 12.1 Å². The third-order valence-electron chi connectivity index (χ3n) is 4.61. The van der Waals surface area contributed by atoms with Crippen LogP contribution in [0.1, 0.15) is 11.1 Å². The number of rotatable bonds is 8. The maximum atomic E-state index is 12.6. The predicted molar refractivity (Wildman–Crippen MR) is 115 cm³/mol. The van der Waals surface area contributed by atoms with Crippen LogP contribution < -0.4 is 9.62 Å². The van der Waals surface area contributed by atoms with E-state index in [-0.39, 0.29) is 17.9 Å². The number of nitro benzene ring substituents is 1.